The summed E-state index contributed by atoms with van der Waals surface area (Å²) in [5.74, 6) is 0.112. The van der Waals surface area contributed by atoms with Gasteiger partial charge in [0.1, 0.15) is 0 Å². The van der Waals surface area contributed by atoms with E-state index < -0.39 is 0 Å². The fourth-order valence-corrected chi connectivity index (χ4v) is 1.98. The van der Waals surface area contributed by atoms with Crippen LogP contribution in [0.1, 0.15) is 24.5 Å². The molecule has 0 radical (unpaired) electrons. The van der Waals surface area contributed by atoms with Crippen molar-refractivity contribution in [1.82, 2.24) is 4.98 Å². The fourth-order valence-electron chi connectivity index (χ4n) is 1.65. The third-order valence-electron chi connectivity index (χ3n) is 2.47. The van der Waals surface area contributed by atoms with Crippen LogP contribution in [0.2, 0.25) is 0 Å². The summed E-state index contributed by atoms with van der Waals surface area (Å²) in [6.07, 6.45) is 3.23. The predicted molar refractivity (Wildman–Crippen MR) is 54.7 cm³/mol. The van der Waals surface area contributed by atoms with E-state index >= 15 is 0 Å². The Labute approximate surface area is 90.6 Å². The second kappa shape index (κ2) is 4.36. The van der Waals surface area contributed by atoms with Crippen molar-refractivity contribution in [2.75, 3.05) is 13.2 Å². The van der Waals surface area contributed by atoms with E-state index in [2.05, 4.69) is 20.9 Å². The highest BCUT2D eigenvalue weighted by atomic mass is 79.9. The maximum Gasteiger partial charge on any atom is 0.155 e. The maximum absolute atomic E-state index is 12.9. The third-order valence-corrected chi connectivity index (χ3v) is 3.08. The second-order valence-electron chi connectivity index (χ2n) is 3.41. The van der Waals surface area contributed by atoms with Crippen molar-refractivity contribution in [2.45, 2.75) is 18.8 Å². The Bertz CT molecular complexity index is 326. The smallest absolute Gasteiger partial charge is 0.155 e. The van der Waals surface area contributed by atoms with E-state index in [1.54, 1.807) is 6.07 Å². The number of aromatic nitrogens is 1. The Morgan fingerprint density at radius 2 is 2.14 bits per heavy atom. The summed E-state index contributed by atoms with van der Waals surface area (Å²) in [5, 5.41) is 0. The van der Waals surface area contributed by atoms with Gasteiger partial charge in [0.25, 0.3) is 0 Å². The highest BCUT2D eigenvalue weighted by Crippen LogP contribution is 2.27. The van der Waals surface area contributed by atoms with Crippen LogP contribution in [0.5, 0.6) is 0 Å². The standard InChI is InChI=1S/C10H11BrFNO/c11-8-5-10(13-6-9(8)12)7-1-3-14-4-2-7/h5-7H,1-4H2. The molecule has 76 valence electrons. The van der Waals surface area contributed by atoms with Gasteiger partial charge in [-0.25, -0.2) is 4.39 Å². The molecule has 0 aliphatic carbocycles. The van der Waals surface area contributed by atoms with Crippen LogP contribution >= 0.6 is 15.9 Å². The molecule has 0 bridgehead atoms. The topological polar surface area (TPSA) is 22.1 Å². The fraction of sp³-hybridized carbons (Fsp3) is 0.500. The van der Waals surface area contributed by atoms with Gasteiger partial charge in [0.05, 0.1) is 10.7 Å². The molecule has 1 aromatic heterocycles. The molecule has 0 aromatic carbocycles. The molecule has 0 N–H and O–H groups in total. The summed E-state index contributed by atoms with van der Waals surface area (Å²) in [4.78, 5) is 4.10. The largest absolute Gasteiger partial charge is 0.381 e. The number of hydrogen-bond acceptors (Lipinski definition) is 2. The first kappa shape index (κ1) is 10.1. The monoisotopic (exact) mass is 259 g/mol. The van der Waals surface area contributed by atoms with Gasteiger partial charge in [0, 0.05) is 24.8 Å². The summed E-state index contributed by atoms with van der Waals surface area (Å²) in [6, 6.07) is 1.77. The van der Waals surface area contributed by atoms with Crippen molar-refractivity contribution in [3.63, 3.8) is 0 Å². The lowest BCUT2D eigenvalue weighted by Crippen LogP contribution is -2.15. The van der Waals surface area contributed by atoms with E-state index in [9.17, 15) is 4.39 Å². The Morgan fingerprint density at radius 3 is 2.79 bits per heavy atom. The van der Waals surface area contributed by atoms with Crippen LogP contribution in [0.4, 0.5) is 4.39 Å². The summed E-state index contributed by atoms with van der Waals surface area (Å²) in [6.45, 7) is 1.56. The van der Waals surface area contributed by atoms with Gasteiger partial charge < -0.3 is 4.74 Å². The lowest BCUT2D eigenvalue weighted by Gasteiger charge is -2.21. The molecule has 1 saturated heterocycles. The van der Waals surface area contributed by atoms with E-state index in [4.69, 9.17) is 4.74 Å². The molecule has 0 spiro atoms. The molecule has 0 atom stereocenters. The number of halogens is 2. The first-order chi connectivity index (χ1) is 6.77. The molecular formula is C10H11BrFNO. The zero-order chi connectivity index (χ0) is 9.97. The minimum Gasteiger partial charge on any atom is -0.381 e. The van der Waals surface area contributed by atoms with E-state index in [-0.39, 0.29) is 5.82 Å². The van der Waals surface area contributed by atoms with Gasteiger partial charge >= 0.3 is 0 Å². The normalized spacial score (nSPS) is 18.4. The van der Waals surface area contributed by atoms with Crippen molar-refractivity contribution < 1.29 is 9.13 Å². The molecule has 1 fully saturated rings. The van der Waals surface area contributed by atoms with E-state index in [0.717, 1.165) is 31.7 Å². The van der Waals surface area contributed by atoms with E-state index in [1.165, 1.54) is 6.20 Å². The quantitative estimate of drug-likeness (QED) is 0.774. The van der Waals surface area contributed by atoms with Crippen molar-refractivity contribution in [2.24, 2.45) is 0 Å². The molecule has 1 aliphatic heterocycles. The van der Waals surface area contributed by atoms with Gasteiger partial charge in [-0.15, -0.1) is 0 Å². The molecule has 1 aliphatic rings. The molecular weight excluding hydrogens is 249 g/mol. The zero-order valence-corrected chi connectivity index (χ0v) is 9.26. The lowest BCUT2D eigenvalue weighted by molar-refractivity contribution is 0.0844. The maximum atomic E-state index is 12.9. The van der Waals surface area contributed by atoms with Gasteiger partial charge in [-0.05, 0) is 34.8 Å². The highest BCUT2D eigenvalue weighted by Gasteiger charge is 2.17. The number of ether oxygens (including phenoxy) is 1. The number of rotatable bonds is 1. The van der Waals surface area contributed by atoms with Crippen LogP contribution in [0.3, 0.4) is 0 Å². The van der Waals surface area contributed by atoms with Crippen molar-refractivity contribution in [3.8, 4) is 0 Å². The van der Waals surface area contributed by atoms with Crippen LogP contribution in [-0.4, -0.2) is 18.2 Å². The highest BCUT2D eigenvalue weighted by molar-refractivity contribution is 9.10. The third kappa shape index (κ3) is 2.12. The summed E-state index contributed by atoms with van der Waals surface area (Å²) in [7, 11) is 0. The van der Waals surface area contributed by atoms with Crippen molar-refractivity contribution in [1.29, 1.82) is 0 Å². The van der Waals surface area contributed by atoms with Crippen LogP contribution in [-0.2, 0) is 4.74 Å². The number of pyridine rings is 1. The molecule has 2 rings (SSSR count). The Kier molecular flexibility index (Phi) is 3.13. The molecule has 4 heteroatoms. The summed E-state index contributed by atoms with van der Waals surface area (Å²) < 4.78 is 18.7. The molecule has 0 amide bonds. The molecule has 14 heavy (non-hydrogen) atoms. The Balaban J connectivity index is 2.18. The lowest BCUT2D eigenvalue weighted by atomic mass is 9.96. The Hall–Kier alpha value is -0.480. The minimum atomic E-state index is -0.305. The summed E-state index contributed by atoms with van der Waals surface area (Å²) in [5.41, 5.74) is 0.960. The number of hydrogen-bond donors (Lipinski definition) is 0. The SMILES string of the molecule is Fc1cnc(C2CCOCC2)cc1Br. The van der Waals surface area contributed by atoms with Gasteiger partial charge in [0.2, 0.25) is 0 Å². The van der Waals surface area contributed by atoms with Crippen LogP contribution in [0.15, 0.2) is 16.7 Å². The minimum absolute atomic E-state index is 0.305. The van der Waals surface area contributed by atoms with Crippen LogP contribution < -0.4 is 0 Å². The molecule has 2 heterocycles. The van der Waals surface area contributed by atoms with Crippen molar-refractivity contribution in [3.05, 3.63) is 28.2 Å². The summed E-state index contributed by atoms with van der Waals surface area (Å²) >= 11 is 3.17. The molecule has 0 unspecified atom stereocenters. The van der Waals surface area contributed by atoms with Crippen LogP contribution in [0, 0.1) is 5.82 Å². The van der Waals surface area contributed by atoms with E-state index in [0.29, 0.717) is 10.4 Å². The van der Waals surface area contributed by atoms with Gasteiger partial charge in [0.15, 0.2) is 5.82 Å². The first-order valence-corrected chi connectivity index (χ1v) is 5.45. The van der Waals surface area contributed by atoms with E-state index in [1.807, 2.05) is 0 Å². The molecule has 0 saturated carbocycles. The number of nitrogens with zero attached hydrogens (tertiary/aromatic N) is 1. The average molecular weight is 260 g/mol. The van der Waals surface area contributed by atoms with Crippen molar-refractivity contribution >= 4 is 15.9 Å². The van der Waals surface area contributed by atoms with Gasteiger partial charge in [-0.3, -0.25) is 4.98 Å². The first-order valence-electron chi connectivity index (χ1n) is 4.66. The predicted octanol–water partition coefficient (Wildman–Crippen LogP) is 2.88. The molecule has 1 aromatic rings. The zero-order valence-electron chi connectivity index (χ0n) is 7.67. The molecule has 2 nitrogen and oxygen atoms in total. The van der Waals surface area contributed by atoms with Gasteiger partial charge in [-0.1, -0.05) is 0 Å². The van der Waals surface area contributed by atoms with Gasteiger partial charge in [-0.2, -0.15) is 0 Å². The average Bonchev–Trinajstić information content (AvgIpc) is 2.23. The van der Waals surface area contributed by atoms with Crippen LogP contribution in [0.25, 0.3) is 0 Å². The second-order valence-corrected chi connectivity index (χ2v) is 4.26. The Morgan fingerprint density at radius 1 is 1.43 bits per heavy atom.